The fourth-order valence-electron chi connectivity index (χ4n) is 3.73. The van der Waals surface area contributed by atoms with Gasteiger partial charge in [-0.3, -0.25) is 4.79 Å². The second kappa shape index (κ2) is 6.05. The maximum Gasteiger partial charge on any atom is 0.230 e. The Labute approximate surface area is 111 Å². The van der Waals surface area contributed by atoms with E-state index < -0.39 is 0 Å². The van der Waals surface area contributed by atoms with Gasteiger partial charge in [-0.25, -0.2) is 0 Å². The minimum atomic E-state index is -0.209. The topological polar surface area (TPSA) is 46.3 Å². The number of hydrogen-bond donors (Lipinski definition) is 1. The average molecular weight is 252 g/mol. The van der Waals surface area contributed by atoms with E-state index in [4.69, 9.17) is 5.73 Å². The van der Waals surface area contributed by atoms with E-state index in [-0.39, 0.29) is 5.41 Å². The van der Waals surface area contributed by atoms with Gasteiger partial charge in [0.05, 0.1) is 5.41 Å². The zero-order valence-electron chi connectivity index (χ0n) is 11.8. The van der Waals surface area contributed by atoms with Crippen LogP contribution in [0.25, 0.3) is 0 Å². The molecule has 0 aromatic heterocycles. The number of nitrogens with zero attached hydrogens (tertiary/aromatic N) is 1. The van der Waals surface area contributed by atoms with Crippen LogP contribution < -0.4 is 5.73 Å². The molecule has 1 saturated heterocycles. The van der Waals surface area contributed by atoms with Crippen molar-refractivity contribution < 1.29 is 4.79 Å². The van der Waals surface area contributed by atoms with Crippen molar-refractivity contribution in [1.82, 2.24) is 4.90 Å². The molecule has 104 valence electrons. The molecule has 0 bridgehead atoms. The number of nitrogens with two attached hydrogens (primary N) is 1. The van der Waals surface area contributed by atoms with Crippen molar-refractivity contribution in [2.45, 2.75) is 58.3 Å². The van der Waals surface area contributed by atoms with Crippen molar-refractivity contribution in [2.75, 3.05) is 19.6 Å². The average Bonchev–Trinajstić information content (AvgIpc) is 2.87. The molecule has 1 atom stereocenters. The van der Waals surface area contributed by atoms with Crippen LogP contribution in [0.2, 0.25) is 0 Å². The molecule has 1 aliphatic heterocycles. The van der Waals surface area contributed by atoms with Crippen molar-refractivity contribution in [3.8, 4) is 0 Å². The van der Waals surface area contributed by atoms with Gasteiger partial charge in [0.1, 0.15) is 0 Å². The van der Waals surface area contributed by atoms with Crippen LogP contribution in [0.1, 0.15) is 58.3 Å². The zero-order chi connectivity index (χ0) is 13.0. The van der Waals surface area contributed by atoms with Gasteiger partial charge in [0.15, 0.2) is 0 Å². The first-order valence-corrected chi connectivity index (χ1v) is 7.71. The summed E-state index contributed by atoms with van der Waals surface area (Å²) in [6.45, 7) is 4.72. The lowest BCUT2D eigenvalue weighted by Crippen LogP contribution is -2.48. The number of carbonyl (C=O) groups is 1. The summed E-state index contributed by atoms with van der Waals surface area (Å²) in [7, 11) is 0. The van der Waals surface area contributed by atoms with Gasteiger partial charge in [0, 0.05) is 19.6 Å². The van der Waals surface area contributed by atoms with Crippen LogP contribution in [0.5, 0.6) is 0 Å². The van der Waals surface area contributed by atoms with E-state index in [1.165, 1.54) is 38.5 Å². The Morgan fingerprint density at radius 3 is 2.67 bits per heavy atom. The molecule has 2 rings (SSSR count). The number of rotatable bonds is 4. The summed E-state index contributed by atoms with van der Waals surface area (Å²) in [6.07, 6.45) is 9.33. The minimum Gasteiger partial charge on any atom is -0.342 e. The maximum absolute atomic E-state index is 12.7. The fourth-order valence-corrected chi connectivity index (χ4v) is 3.73. The Bertz CT molecular complexity index is 284. The molecule has 3 nitrogen and oxygen atoms in total. The minimum absolute atomic E-state index is 0.209. The number of hydrogen-bond acceptors (Lipinski definition) is 2. The molecule has 2 aliphatic rings. The summed E-state index contributed by atoms with van der Waals surface area (Å²) in [5.41, 5.74) is 5.74. The Morgan fingerprint density at radius 2 is 2.06 bits per heavy atom. The number of carbonyl (C=O) groups excluding carboxylic acids is 1. The highest BCUT2D eigenvalue weighted by Crippen LogP contribution is 2.38. The molecule has 2 N–H and O–H groups in total. The Hall–Kier alpha value is -0.570. The molecule has 3 heteroatoms. The molecule has 1 aliphatic carbocycles. The third-order valence-electron chi connectivity index (χ3n) is 4.93. The van der Waals surface area contributed by atoms with E-state index in [2.05, 4.69) is 11.8 Å². The van der Waals surface area contributed by atoms with Crippen LogP contribution in [-0.4, -0.2) is 30.4 Å². The predicted molar refractivity (Wildman–Crippen MR) is 74.2 cm³/mol. The van der Waals surface area contributed by atoms with Crippen molar-refractivity contribution in [1.29, 1.82) is 0 Å². The molecule has 1 heterocycles. The summed E-state index contributed by atoms with van der Waals surface area (Å²) in [5, 5.41) is 0. The monoisotopic (exact) mass is 252 g/mol. The van der Waals surface area contributed by atoms with E-state index in [1.807, 2.05) is 0 Å². The van der Waals surface area contributed by atoms with Crippen LogP contribution in [0.3, 0.4) is 0 Å². The van der Waals surface area contributed by atoms with Gasteiger partial charge in [-0.2, -0.15) is 0 Å². The van der Waals surface area contributed by atoms with E-state index in [0.717, 1.165) is 31.8 Å². The summed E-state index contributed by atoms with van der Waals surface area (Å²) < 4.78 is 0. The molecule has 0 aromatic rings. The lowest BCUT2D eigenvalue weighted by atomic mass is 9.73. The van der Waals surface area contributed by atoms with E-state index >= 15 is 0 Å². The van der Waals surface area contributed by atoms with Crippen LogP contribution in [0, 0.1) is 11.3 Å². The molecular weight excluding hydrogens is 224 g/mol. The standard InChI is InChI=1S/C15H28N2O/c1-2-6-13-7-10-17(11-13)14(18)15(12-16)8-4-3-5-9-15/h13H,2-12,16H2,1H3. The molecule has 0 radical (unpaired) electrons. The molecule has 0 spiro atoms. The van der Waals surface area contributed by atoms with Gasteiger partial charge in [-0.05, 0) is 31.6 Å². The first-order valence-electron chi connectivity index (χ1n) is 7.71. The number of likely N-dealkylation sites (tertiary alicyclic amines) is 1. The van der Waals surface area contributed by atoms with Gasteiger partial charge >= 0.3 is 0 Å². The number of amides is 1. The van der Waals surface area contributed by atoms with Gasteiger partial charge in [0.25, 0.3) is 0 Å². The lowest BCUT2D eigenvalue weighted by Gasteiger charge is -2.37. The third-order valence-corrected chi connectivity index (χ3v) is 4.93. The highest BCUT2D eigenvalue weighted by molar-refractivity contribution is 5.83. The van der Waals surface area contributed by atoms with Crippen molar-refractivity contribution in [2.24, 2.45) is 17.1 Å². The molecule has 1 amide bonds. The Kier molecular flexibility index (Phi) is 4.66. The quantitative estimate of drug-likeness (QED) is 0.836. The molecule has 0 aromatic carbocycles. The van der Waals surface area contributed by atoms with Crippen molar-refractivity contribution in [3.63, 3.8) is 0 Å². The fraction of sp³-hybridized carbons (Fsp3) is 0.933. The van der Waals surface area contributed by atoms with Crippen LogP contribution in [0.15, 0.2) is 0 Å². The summed E-state index contributed by atoms with van der Waals surface area (Å²) in [4.78, 5) is 14.9. The maximum atomic E-state index is 12.7. The van der Waals surface area contributed by atoms with Gasteiger partial charge in [-0.1, -0.05) is 32.6 Å². The zero-order valence-corrected chi connectivity index (χ0v) is 11.8. The van der Waals surface area contributed by atoms with E-state index in [1.54, 1.807) is 0 Å². The third kappa shape index (κ3) is 2.71. The Morgan fingerprint density at radius 1 is 1.33 bits per heavy atom. The van der Waals surface area contributed by atoms with Crippen LogP contribution in [-0.2, 0) is 4.79 Å². The van der Waals surface area contributed by atoms with E-state index in [9.17, 15) is 4.79 Å². The largest absolute Gasteiger partial charge is 0.342 e. The highest BCUT2D eigenvalue weighted by atomic mass is 16.2. The summed E-state index contributed by atoms with van der Waals surface area (Å²) >= 11 is 0. The first kappa shape index (κ1) is 13.9. The lowest BCUT2D eigenvalue weighted by molar-refractivity contribution is -0.142. The SMILES string of the molecule is CCCC1CCN(C(=O)C2(CN)CCCCC2)C1. The smallest absolute Gasteiger partial charge is 0.230 e. The predicted octanol–water partition coefficient (Wildman–Crippen LogP) is 2.54. The first-order chi connectivity index (χ1) is 8.72. The molecule has 18 heavy (non-hydrogen) atoms. The highest BCUT2D eigenvalue weighted by Gasteiger charge is 2.42. The van der Waals surface area contributed by atoms with Gasteiger partial charge in [0.2, 0.25) is 5.91 Å². The van der Waals surface area contributed by atoms with Crippen molar-refractivity contribution >= 4 is 5.91 Å². The van der Waals surface area contributed by atoms with Crippen molar-refractivity contribution in [3.05, 3.63) is 0 Å². The molecule has 1 unspecified atom stereocenters. The molecular formula is C15H28N2O. The normalized spacial score (nSPS) is 27.4. The molecule has 2 fully saturated rings. The van der Waals surface area contributed by atoms with E-state index in [0.29, 0.717) is 12.5 Å². The van der Waals surface area contributed by atoms with Gasteiger partial charge < -0.3 is 10.6 Å². The summed E-state index contributed by atoms with van der Waals surface area (Å²) in [5.74, 6) is 1.10. The van der Waals surface area contributed by atoms with Gasteiger partial charge in [-0.15, -0.1) is 0 Å². The second-order valence-corrected chi connectivity index (χ2v) is 6.24. The van der Waals surface area contributed by atoms with Crippen LogP contribution >= 0.6 is 0 Å². The second-order valence-electron chi connectivity index (χ2n) is 6.24. The van der Waals surface area contributed by atoms with Crippen LogP contribution in [0.4, 0.5) is 0 Å². The molecule has 1 saturated carbocycles. The summed E-state index contributed by atoms with van der Waals surface area (Å²) in [6, 6.07) is 0. The Balaban J connectivity index is 1.97.